The number of piperazine rings is 1. The van der Waals surface area contributed by atoms with Crippen LogP contribution < -0.4 is 4.90 Å². The van der Waals surface area contributed by atoms with Crippen molar-refractivity contribution in [2.45, 2.75) is 6.92 Å². The third-order valence-corrected chi connectivity index (χ3v) is 4.41. The van der Waals surface area contributed by atoms with Crippen LogP contribution in [-0.2, 0) is 4.79 Å². The molecule has 3 aromatic rings. The number of hydrogen-bond donors (Lipinski definition) is 0. The first-order valence-corrected chi connectivity index (χ1v) is 8.25. The zero-order chi connectivity index (χ0) is 17.2. The van der Waals surface area contributed by atoms with Gasteiger partial charge in [-0.3, -0.25) is 4.79 Å². The number of fused-ring (bicyclic) bond motifs is 1. The number of pyridine rings is 2. The van der Waals surface area contributed by atoms with Crippen molar-refractivity contribution in [2.24, 2.45) is 0 Å². The Bertz CT molecular complexity index is 903. The fourth-order valence-corrected chi connectivity index (χ4v) is 2.96. The van der Waals surface area contributed by atoms with Gasteiger partial charge in [-0.1, -0.05) is 0 Å². The van der Waals surface area contributed by atoms with Gasteiger partial charge in [0.1, 0.15) is 5.82 Å². The van der Waals surface area contributed by atoms with E-state index in [9.17, 15) is 4.79 Å². The normalized spacial score (nSPS) is 14.8. The van der Waals surface area contributed by atoms with Crippen molar-refractivity contribution in [3.8, 4) is 11.4 Å². The molecule has 0 aliphatic carbocycles. The summed E-state index contributed by atoms with van der Waals surface area (Å²) >= 11 is 0. The molecule has 1 fully saturated rings. The summed E-state index contributed by atoms with van der Waals surface area (Å²) in [5.41, 5.74) is 1.54. The van der Waals surface area contributed by atoms with Crippen molar-refractivity contribution in [2.75, 3.05) is 31.1 Å². The van der Waals surface area contributed by atoms with Gasteiger partial charge in [-0.05, 0) is 24.3 Å². The molecule has 0 saturated carbocycles. The van der Waals surface area contributed by atoms with E-state index in [1.54, 1.807) is 25.5 Å². The number of carbonyl (C=O) groups is 1. The quantitative estimate of drug-likeness (QED) is 0.711. The molecule has 7 heteroatoms. The third-order valence-electron chi connectivity index (χ3n) is 4.41. The van der Waals surface area contributed by atoms with E-state index in [1.807, 2.05) is 29.2 Å². The first kappa shape index (κ1) is 15.4. The van der Waals surface area contributed by atoms with Crippen LogP contribution in [0.4, 0.5) is 5.82 Å². The summed E-state index contributed by atoms with van der Waals surface area (Å²) in [6.07, 6.45) is 5.29. The monoisotopic (exact) mass is 334 g/mol. The van der Waals surface area contributed by atoms with Gasteiger partial charge in [0, 0.05) is 62.6 Å². The average Bonchev–Trinajstić information content (AvgIpc) is 2.68. The molecule has 1 aliphatic rings. The number of carbonyl (C=O) groups excluding carboxylic acids is 1. The fraction of sp³-hybridized carbons (Fsp3) is 0.278. The van der Waals surface area contributed by atoms with E-state index in [4.69, 9.17) is 0 Å². The Morgan fingerprint density at radius 2 is 1.84 bits per heavy atom. The van der Waals surface area contributed by atoms with Gasteiger partial charge in [-0.2, -0.15) is 0 Å². The van der Waals surface area contributed by atoms with Gasteiger partial charge in [0.25, 0.3) is 0 Å². The number of aromatic nitrogens is 4. The molecule has 0 atom stereocenters. The predicted molar refractivity (Wildman–Crippen MR) is 95.0 cm³/mol. The number of rotatable bonds is 2. The Kier molecular flexibility index (Phi) is 3.97. The smallest absolute Gasteiger partial charge is 0.219 e. The highest BCUT2D eigenvalue weighted by atomic mass is 16.2. The molecule has 4 heterocycles. The SMILES string of the molecule is CC(=O)N1CCN(c2ccc(-c3ncc4cccnc4n3)cn2)CC1. The minimum Gasteiger partial charge on any atom is -0.353 e. The van der Waals surface area contributed by atoms with Crippen LogP contribution in [0.5, 0.6) is 0 Å². The average molecular weight is 334 g/mol. The van der Waals surface area contributed by atoms with Crippen molar-refractivity contribution in [3.63, 3.8) is 0 Å². The number of nitrogens with zero attached hydrogens (tertiary/aromatic N) is 6. The third kappa shape index (κ3) is 3.13. The first-order chi connectivity index (χ1) is 12.2. The van der Waals surface area contributed by atoms with Crippen LogP contribution in [0.3, 0.4) is 0 Å². The molecule has 7 nitrogen and oxygen atoms in total. The predicted octanol–water partition coefficient (Wildman–Crippen LogP) is 1.76. The highest BCUT2D eigenvalue weighted by molar-refractivity contribution is 5.75. The maximum absolute atomic E-state index is 11.4. The molecule has 1 saturated heterocycles. The van der Waals surface area contributed by atoms with E-state index in [0.29, 0.717) is 11.5 Å². The summed E-state index contributed by atoms with van der Waals surface area (Å²) in [7, 11) is 0. The zero-order valence-corrected chi connectivity index (χ0v) is 14.0. The van der Waals surface area contributed by atoms with E-state index in [0.717, 1.165) is 42.9 Å². The highest BCUT2D eigenvalue weighted by Gasteiger charge is 2.19. The minimum atomic E-state index is 0.130. The van der Waals surface area contributed by atoms with Crippen LogP contribution in [0.25, 0.3) is 22.4 Å². The Morgan fingerprint density at radius 1 is 1.00 bits per heavy atom. The number of hydrogen-bond acceptors (Lipinski definition) is 6. The van der Waals surface area contributed by atoms with Gasteiger partial charge in [0.15, 0.2) is 11.5 Å². The summed E-state index contributed by atoms with van der Waals surface area (Å²) in [5, 5.41) is 0.916. The van der Waals surface area contributed by atoms with Crippen molar-refractivity contribution in [1.82, 2.24) is 24.8 Å². The lowest BCUT2D eigenvalue weighted by Gasteiger charge is -2.34. The summed E-state index contributed by atoms with van der Waals surface area (Å²) in [4.78, 5) is 33.2. The molecule has 3 aromatic heterocycles. The van der Waals surface area contributed by atoms with E-state index in [2.05, 4.69) is 24.8 Å². The Balaban J connectivity index is 1.52. The van der Waals surface area contributed by atoms with E-state index < -0.39 is 0 Å². The van der Waals surface area contributed by atoms with Crippen molar-refractivity contribution in [1.29, 1.82) is 0 Å². The topological polar surface area (TPSA) is 75.1 Å². The second-order valence-electron chi connectivity index (χ2n) is 6.01. The molecule has 0 spiro atoms. The Morgan fingerprint density at radius 3 is 2.56 bits per heavy atom. The van der Waals surface area contributed by atoms with E-state index in [-0.39, 0.29) is 5.91 Å². The molecule has 4 rings (SSSR count). The molecule has 0 radical (unpaired) electrons. The molecule has 0 bridgehead atoms. The van der Waals surface area contributed by atoms with Gasteiger partial charge in [-0.25, -0.2) is 19.9 Å². The molecular formula is C18H18N6O. The number of amides is 1. The largest absolute Gasteiger partial charge is 0.353 e. The summed E-state index contributed by atoms with van der Waals surface area (Å²) in [6.45, 7) is 4.67. The van der Waals surface area contributed by atoms with Crippen LogP contribution in [0, 0.1) is 0 Å². The molecule has 1 amide bonds. The van der Waals surface area contributed by atoms with Crippen LogP contribution in [0.15, 0.2) is 42.9 Å². The van der Waals surface area contributed by atoms with Crippen molar-refractivity contribution < 1.29 is 4.79 Å². The molecule has 0 N–H and O–H groups in total. The molecule has 0 aromatic carbocycles. The second-order valence-corrected chi connectivity index (χ2v) is 6.01. The number of anilines is 1. The van der Waals surface area contributed by atoms with Crippen LogP contribution in [0.1, 0.15) is 6.92 Å². The van der Waals surface area contributed by atoms with E-state index in [1.165, 1.54) is 0 Å². The minimum absolute atomic E-state index is 0.130. The maximum Gasteiger partial charge on any atom is 0.219 e. The zero-order valence-electron chi connectivity index (χ0n) is 14.0. The molecule has 1 aliphatic heterocycles. The van der Waals surface area contributed by atoms with Crippen molar-refractivity contribution >= 4 is 22.8 Å². The standard InChI is InChI=1S/C18H18N6O/c1-13(25)23-7-9-24(10-8-23)16-5-4-15(11-20-16)18-21-12-14-3-2-6-19-17(14)22-18/h2-6,11-12H,7-10H2,1H3. The van der Waals surface area contributed by atoms with Crippen LogP contribution >= 0.6 is 0 Å². The highest BCUT2D eigenvalue weighted by Crippen LogP contribution is 2.20. The fourth-order valence-electron chi connectivity index (χ4n) is 2.96. The molecule has 25 heavy (non-hydrogen) atoms. The maximum atomic E-state index is 11.4. The summed E-state index contributed by atoms with van der Waals surface area (Å²) in [6, 6.07) is 7.76. The van der Waals surface area contributed by atoms with Gasteiger partial charge in [0.2, 0.25) is 5.91 Å². The van der Waals surface area contributed by atoms with Gasteiger partial charge < -0.3 is 9.80 Å². The second kappa shape index (κ2) is 6.43. The van der Waals surface area contributed by atoms with Crippen molar-refractivity contribution in [3.05, 3.63) is 42.9 Å². The molecule has 0 unspecified atom stereocenters. The van der Waals surface area contributed by atoms with Gasteiger partial charge >= 0.3 is 0 Å². The van der Waals surface area contributed by atoms with Gasteiger partial charge in [-0.15, -0.1) is 0 Å². The lowest BCUT2D eigenvalue weighted by Crippen LogP contribution is -2.48. The van der Waals surface area contributed by atoms with Crippen LogP contribution in [0.2, 0.25) is 0 Å². The summed E-state index contributed by atoms with van der Waals surface area (Å²) in [5.74, 6) is 1.66. The van der Waals surface area contributed by atoms with E-state index >= 15 is 0 Å². The summed E-state index contributed by atoms with van der Waals surface area (Å²) < 4.78 is 0. The Hall–Kier alpha value is -3.09. The lowest BCUT2D eigenvalue weighted by molar-refractivity contribution is -0.129. The first-order valence-electron chi connectivity index (χ1n) is 8.25. The molecule has 126 valence electrons. The molecular weight excluding hydrogens is 316 g/mol. The Labute approximate surface area is 145 Å². The van der Waals surface area contributed by atoms with Gasteiger partial charge in [0.05, 0.1) is 0 Å². The van der Waals surface area contributed by atoms with Crippen LogP contribution in [-0.4, -0.2) is 56.9 Å². The lowest BCUT2D eigenvalue weighted by atomic mass is 10.2.